The molecule has 0 fully saturated rings. The van der Waals surface area contributed by atoms with Crippen molar-refractivity contribution < 1.29 is 13.2 Å². The summed E-state index contributed by atoms with van der Waals surface area (Å²) in [6.45, 7) is 3.68. The Hall–Kier alpha value is -1.29. The molecule has 1 aromatic carbocycles. The van der Waals surface area contributed by atoms with Crippen molar-refractivity contribution in [3.05, 3.63) is 41.0 Å². The first-order valence-corrected chi connectivity index (χ1v) is 4.92. The molecule has 0 spiro atoms. The standard InChI is InChI=1S/C12H14F3N/c1-8(9(2)16)7-10-3-5-11(6-4-10)12(13,14)15/h3-7,9H,16H2,1-2H3/b8-7+. The molecular formula is C12H14F3N. The molecular weight excluding hydrogens is 215 g/mol. The Balaban J connectivity index is 2.92. The van der Waals surface area contributed by atoms with Crippen LogP contribution in [0.1, 0.15) is 25.0 Å². The van der Waals surface area contributed by atoms with E-state index in [0.29, 0.717) is 0 Å². The molecule has 0 saturated heterocycles. The van der Waals surface area contributed by atoms with Crippen LogP contribution in [0.15, 0.2) is 29.8 Å². The lowest BCUT2D eigenvalue weighted by Gasteiger charge is -2.08. The van der Waals surface area contributed by atoms with Crippen LogP contribution in [0.5, 0.6) is 0 Å². The molecule has 88 valence electrons. The fraction of sp³-hybridized carbons (Fsp3) is 0.333. The van der Waals surface area contributed by atoms with Crippen LogP contribution in [0.3, 0.4) is 0 Å². The van der Waals surface area contributed by atoms with Crippen molar-refractivity contribution in [3.8, 4) is 0 Å². The third kappa shape index (κ3) is 3.38. The fourth-order valence-electron chi connectivity index (χ4n) is 1.16. The average molecular weight is 229 g/mol. The van der Waals surface area contributed by atoms with E-state index in [1.165, 1.54) is 12.1 Å². The van der Waals surface area contributed by atoms with Gasteiger partial charge in [0.1, 0.15) is 0 Å². The zero-order valence-corrected chi connectivity index (χ0v) is 9.18. The van der Waals surface area contributed by atoms with Gasteiger partial charge in [-0.15, -0.1) is 0 Å². The topological polar surface area (TPSA) is 26.0 Å². The van der Waals surface area contributed by atoms with Gasteiger partial charge in [-0.3, -0.25) is 0 Å². The van der Waals surface area contributed by atoms with E-state index in [9.17, 15) is 13.2 Å². The molecule has 1 rings (SSSR count). The summed E-state index contributed by atoms with van der Waals surface area (Å²) in [5.74, 6) is 0. The van der Waals surface area contributed by atoms with Crippen LogP contribution in [-0.4, -0.2) is 6.04 Å². The van der Waals surface area contributed by atoms with E-state index >= 15 is 0 Å². The van der Waals surface area contributed by atoms with E-state index < -0.39 is 11.7 Å². The maximum Gasteiger partial charge on any atom is 0.416 e. The Bertz CT molecular complexity index is 374. The quantitative estimate of drug-likeness (QED) is 0.825. The van der Waals surface area contributed by atoms with Crippen LogP contribution in [0.25, 0.3) is 6.08 Å². The smallest absolute Gasteiger partial charge is 0.324 e. The van der Waals surface area contributed by atoms with Crippen LogP contribution in [0.4, 0.5) is 13.2 Å². The van der Waals surface area contributed by atoms with Gasteiger partial charge < -0.3 is 5.73 Å². The Labute approximate surface area is 92.8 Å². The third-order valence-corrected chi connectivity index (χ3v) is 2.35. The summed E-state index contributed by atoms with van der Waals surface area (Å²) < 4.78 is 36.8. The van der Waals surface area contributed by atoms with Gasteiger partial charge in [-0.05, 0) is 31.5 Å². The van der Waals surface area contributed by atoms with Crippen LogP contribution in [0, 0.1) is 0 Å². The summed E-state index contributed by atoms with van der Waals surface area (Å²) in [4.78, 5) is 0. The van der Waals surface area contributed by atoms with E-state index in [2.05, 4.69) is 0 Å². The fourth-order valence-corrected chi connectivity index (χ4v) is 1.16. The summed E-state index contributed by atoms with van der Waals surface area (Å²) in [7, 11) is 0. The van der Waals surface area contributed by atoms with Gasteiger partial charge in [0, 0.05) is 6.04 Å². The van der Waals surface area contributed by atoms with Gasteiger partial charge in [-0.1, -0.05) is 23.8 Å². The van der Waals surface area contributed by atoms with E-state index in [1.807, 2.05) is 13.8 Å². The minimum Gasteiger partial charge on any atom is -0.324 e. The molecule has 1 atom stereocenters. The highest BCUT2D eigenvalue weighted by Crippen LogP contribution is 2.29. The predicted molar refractivity (Wildman–Crippen MR) is 58.7 cm³/mol. The minimum atomic E-state index is -4.28. The van der Waals surface area contributed by atoms with Crippen molar-refractivity contribution in [3.63, 3.8) is 0 Å². The monoisotopic (exact) mass is 229 g/mol. The molecule has 0 aliphatic carbocycles. The van der Waals surface area contributed by atoms with Gasteiger partial charge in [-0.2, -0.15) is 13.2 Å². The molecule has 1 unspecified atom stereocenters. The molecule has 0 heterocycles. The number of halogens is 3. The van der Waals surface area contributed by atoms with Gasteiger partial charge in [0.05, 0.1) is 5.56 Å². The number of benzene rings is 1. The third-order valence-electron chi connectivity index (χ3n) is 2.35. The number of alkyl halides is 3. The first-order chi connectivity index (χ1) is 7.30. The highest BCUT2D eigenvalue weighted by molar-refractivity contribution is 5.53. The molecule has 0 bridgehead atoms. The minimum absolute atomic E-state index is 0.0951. The second kappa shape index (κ2) is 4.70. The number of hydrogen-bond donors (Lipinski definition) is 1. The summed E-state index contributed by atoms with van der Waals surface area (Å²) in [6.07, 6.45) is -2.50. The van der Waals surface area contributed by atoms with E-state index in [-0.39, 0.29) is 6.04 Å². The van der Waals surface area contributed by atoms with Crippen LogP contribution in [0.2, 0.25) is 0 Å². The lowest BCUT2D eigenvalue weighted by atomic mass is 10.1. The van der Waals surface area contributed by atoms with Gasteiger partial charge in [0.2, 0.25) is 0 Å². The zero-order valence-electron chi connectivity index (χ0n) is 9.18. The van der Waals surface area contributed by atoms with Crippen molar-refractivity contribution in [2.45, 2.75) is 26.1 Å². The van der Waals surface area contributed by atoms with Gasteiger partial charge in [0.25, 0.3) is 0 Å². The molecule has 1 aromatic rings. The summed E-state index contributed by atoms with van der Waals surface area (Å²) >= 11 is 0. The number of nitrogens with two attached hydrogens (primary N) is 1. The second-order valence-corrected chi connectivity index (χ2v) is 3.80. The molecule has 1 nitrogen and oxygen atoms in total. The molecule has 0 aromatic heterocycles. The highest BCUT2D eigenvalue weighted by Gasteiger charge is 2.29. The maximum atomic E-state index is 12.3. The zero-order chi connectivity index (χ0) is 12.3. The van der Waals surface area contributed by atoms with Gasteiger partial charge in [0.15, 0.2) is 0 Å². The van der Waals surface area contributed by atoms with Gasteiger partial charge in [-0.25, -0.2) is 0 Å². The Morgan fingerprint density at radius 2 is 1.75 bits per heavy atom. The molecule has 0 saturated carbocycles. The lowest BCUT2D eigenvalue weighted by Crippen LogP contribution is -2.15. The van der Waals surface area contributed by atoms with Crippen molar-refractivity contribution in [2.75, 3.05) is 0 Å². The first-order valence-electron chi connectivity index (χ1n) is 4.92. The Morgan fingerprint density at radius 3 is 2.12 bits per heavy atom. The molecule has 0 aliphatic rings. The van der Waals surface area contributed by atoms with Crippen molar-refractivity contribution >= 4 is 6.08 Å². The van der Waals surface area contributed by atoms with E-state index in [1.54, 1.807) is 6.08 Å². The normalized spacial score (nSPS) is 15.0. The summed E-state index contributed by atoms with van der Waals surface area (Å²) in [5, 5.41) is 0. The van der Waals surface area contributed by atoms with Crippen LogP contribution >= 0.6 is 0 Å². The number of hydrogen-bond acceptors (Lipinski definition) is 1. The summed E-state index contributed by atoms with van der Waals surface area (Å²) in [5.41, 5.74) is 6.65. The van der Waals surface area contributed by atoms with Crippen molar-refractivity contribution in [2.24, 2.45) is 5.73 Å². The van der Waals surface area contributed by atoms with Crippen molar-refractivity contribution in [1.82, 2.24) is 0 Å². The highest BCUT2D eigenvalue weighted by atomic mass is 19.4. The molecule has 0 radical (unpaired) electrons. The first kappa shape index (κ1) is 12.8. The summed E-state index contributed by atoms with van der Waals surface area (Å²) in [6, 6.07) is 4.92. The lowest BCUT2D eigenvalue weighted by molar-refractivity contribution is -0.137. The van der Waals surface area contributed by atoms with Crippen molar-refractivity contribution in [1.29, 1.82) is 0 Å². The molecule has 4 heteroatoms. The Kier molecular flexibility index (Phi) is 3.75. The van der Waals surface area contributed by atoms with Gasteiger partial charge >= 0.3 is 6.18 Å². The van der Waals surface area contributed by atoms with E-state index in [4.69, 9.17) is 5.73 Å². The molecule has 0 aliphatic heterocycles. The van der Waals surface area contributed by atoms with Crippen LogP contribution < -0.4 is 5.73 Å². The molecule has 2 N–H and O–H groups in total. The Morgan fingerprint density at radius 1 is 1.25 bits per heavy atom. The SMILES string of the molecule is C/C(=C\c1ccc(C(F)(F)F)cc1)C(C)N. The average Bonchev–Trinajstić information content (AvgIpc) is 2.17. The largest absolute Gasteiger partial charge is 0.416 e. The van der Waals surface area contributed by atoms with E-state index in [0.717, 1.165) is 23.3 Å². The predicted octanol–water partition coefficient (Wildman–Crippen LogP) is 3.46. The number of rotatable bonds is 2. The second-order valence-electron chi connectivity index (χ2n) is 3.80. The molecule has 16 heavy (non-hydrogen) atoms. The molecule has 0 amide bonds. The maximum absolute atomic E-state index is 12.3. The van der Waals surface area contributed by atoms with Crippen LogP contribution in [-0.2, 0) is 6.18 Å².